The minimum Gasteiger partial charge on any atom is -0.480 e. The number of aliphatic carboxylic acids is 3. The van der Waals surface area contributed by atoms with Gasteiger partial charge in [0, 0.05) is 18.8 Å². The smallest absolute Gasteiger partial charge is 0.323 e. The van der Waals surface area contributed by atoms with Crippen molar-refractivity contribution in [1.29, 1.82) is 0 Å². The first kappa shape index (κ1) is 62.3. The first-order valence-corrected chi connectivity index (χ1v) is 22.3. The van der Waals surface area contributed by atoms with Crippen LogP contribution in [0.2, 0.25) is 0 Å². The molecule has 2 heterocycles. The molecule has 31 heteroatoms. The molecule has 2 rings (SSSR count). The Kier molecular flexibility index (Phi) is 29.3. The van der Waals surface area contributed by atoms with E-state index in [4.69, 9.17) is 54.6 Å². The fraction of sp³-hybridized carbons (Fsp3) is 0.861. The van der Waals surface area contributed by atoms with Crippen molar-refractivity contribution in [2.24, 2.45) is 5.73 Å². The van der Waals surface area contributed by atoms with Crippen molar-refractivity contribution in [2.75, 3.05) is 96.7 Å². The highest BCUT2D eigenvalue weighted by Crippen LogP contribution is 2.39. The Morgan fingerprint density at radius 3 is 1.78 bits per heavy atom. The molecule has 2 fully saturated rings. The largest absolute Gasteiger partial charge is 0.480 e. The molecule has 67 heavy (non-hydrogen) atoms. The van der Waals surface area contributed by atoms with Crippen LogP contribution in [0.25, 0.3) is 0 Å². The topological polar surface area (TPSA) is 477 Å². The molecule has 0 aromatic heterocycles. The minimum atomic E-state index is -2.24. The summed E-state index contributed by atoms with van der Waals surface area (Å²) in [5.41, 5.74) is 5.90. The molecule has 2 aliphatic rings. The summed E-state index contributed by atoms with van der Waals surface area (Å²) in [5.74, 6) is -7.51. The van der Waals surface area contributed by atoms with Crippen LogP contribution in [-0.4, -0.2) is 304 Å². The SMILES string of the molecule is CSCC[C@H](N)C(=O)O[C@H]1[C@H](O)[C@@H](CO)O[C@@]1(COC(CO)CS)O[C@H]1O[C@H](CO)[C@@H](O)[C@H](O)[C@H]1O.O=C(O)CN(CCN(CC(=O)O)CC(=O)OC[C@@H](O)[C@@H](O)[C@H](O)[C@H](O)CO)CC(=O)O. The van der Waals surface area contributed by atoms with Gasteiger partial charge in [0.15, 0.2) is 12.4 Å². The molecule has 0 aromatic carbocycles. The molecule has 0 radical (unpaired) electrons. The standard InChI is InChI=1S/C20H37NO13S2.C16H28N2O13/c1-36-3-2-10(21)18(29)32-17-14(26)12(6-24)33-20(17,8-30-9(4-22)7-35)34-19-16(28)15(27)13(25)11(5-23)31-19;19-7-9(20)15(29)16(30)10(21)8-31-14(28)6-18(5-13(26)27)2-1-17(3-11(22)23)4-12(24)25/h9-17,19,22-28,35H,2-8,21H2,1H3;9-10,15-16,19-21,29-30H,1-8H2,(H,22,23)(H,24,25)(H,26,27)/t9?,10-,11+,12+,13+,14+,15-,16+,17-,19+,20-;9-,10-,15-,16-/m01/s1. The molecule has 15 atom stereocenters. The number of rotatable bonds is 31. The molecule has 0 aromatic rings. The lowest BCUT2D eigenvalue weighted by Crippen LogP contribution is -2.63. The van der Waals surface area contributed by atoms with Crippen molar-refractivity contribution in [3.8, 4) is 0 Å². The van der Waals surface area contributed by atoms with Gasteiger partial charge < -0.3 is 111 Å². The van der Waals surface area contributed by atoms with Crippen molar-refractivity contribution >= 4 is 54.2 Å². The van der Waals surface area contributed by atoms with Gasteiger partial charge in [0.25, 0.3) is 0 Å². The predicted octanol–water partition coefficient (Wildman–Crippen LogP) is -9.63. The highest BCUT2D eigenvalue weighted by Gasteiger charge is 2.61. The predicted molar refractivity (Wildman–Crippen MR) is 225 cm³/mol. The molecule has 392 valence electrons. The number of ether oxygens (including phenoxy) is 6. The van der Waals surface area contributed by atoms with Gasteiger partial charge in [-0.1, -0.05) is 0 Å². The Morgan fingerprint density at radius 2 is 1.30 bits per heavy atom. The fourth-order valence-electron chi connectivity index (χ4n) is 6.08. The lowest BCUT2D eigenvalue weighted by Gasteiger charge is -2.44. The minimum absolute atomic E-state index is 0.0582. The summed E-state index contributed by atoms with van der Waals surface area (Å²) in [6.45, 7) is -7.19. The van der Waals surface area contributed by atoms with Crippen LogP contribution < -0.4 is 5.73 Å². The highest BCUT2D eigenvalue weighted by atomic mass is 32.2. The zero-order chi connectivity index (χ0) is 51.2. The molecule has 0 spiro atoms. The number of thioether (sulfide) groups is 1. The third kappa shape index (κ3) is 20.7. The maximum Gasteiger partial charge on any atom is 0.323 e. The van der Waals surface area contributed by atoms with Crippen LogP contribution in [0.15, 0.2) is 0 Å². The first-order valence-electron chi connectivity index (χ1n) is 20.3. The van der Waals surface area contributed by atoms with Crippen molar-refractivity contribution in [2.45, 2.75) is 97.8 Å². The van der Waals surface area contributed by atoms with Gasteiger partial charge in [-0.05, 0) is 18.4 Å². The van der Waals surface area contributed by atoms with E-state index in [0.717, 1.165) is 9.80 Å². The molecule has 2 aliphatic heterocycles. The second-order valence-corrected chi connectivity index (χ2v) is 16.4. The van der Waals surface area contributed by atoms with E-state index in [-0.39, 0.29) is 25.3 Å². The lowest BCUT2D eigenvalue weighted by molar-refractivity contribution is -0.387. The van der Waals surface area contributed by atoms with E-state index in [0.29, 0.717) is 5.75 Å². The first-order chi connectivity index (χ1) is 31.4. The maximum absolute atomic E-state index is 12.7. The van der Waals surface area contributed by atoms with Gasteiger partial charge in [0.05, 0.1) is 58.7 Å². The summed E-state index contributed by atoms with van der Waals surface area (Å²) >= 11 is 5.53. The third-order valence-corrected chi connectivity index (χ3v) is 10.9. The van der Waals surface area contributed by atoms with Gasteiger partial charge in [-0.2, -0.15) is 24.4 Å². The average Bonchev–Trinajstić information content (AvgIpc) is 3.54. The molecule has 29 nitrogen and oxygen atoms in total. The molecule has 0 amide bonds. The van der Waals surface area contributed by atoms with E-state index in [1.54, 1.807) is 0 Å². The number of carbonyl (C=O) groups excluding carboxylic acids is 2. The van der Waals surface area contributed by atoms with Crippen LogP contribution >= 0.6 is 24.4 Å². The van der Waals surface area contributed by atoms with Crippen LogP contribution in [0.5, 0.6) is 0 Å². The number of aliphatic hydroxyl groups is 12. The van der Waals surface area contributed by atoms with E-state index >= 15 is 0 Å². The summed E-state index contributed by atoms with van der Waals surface area (Å²) < 4.78 is 32.7. The number of thiol groups is 1. The molecule has 2 saturated heterocycles. The number of carbonyl (C=O) groups is 5. The third-order valence-electron chi connectivity index (χ3n) is 9.83. The summed E-state index contributed by atoms with van der Waals surface area (Å²) in [6, 6.07) is -1.06. The van der Waals surface area contributed by atoms with Gasteiger partial charge in [0.2, 0.25) is 5.79 Å². The lowest BCUT2D eigenvalue weighted by atomic mass is 9.99. The number of carboxylic acid groups (broad SMARTS) is 3. The molecule has 0 bridgehead atoms. The van der Waals surface area contributed by atoms with Crippen molar-refractivity contribution in [3.05, 3.63) is 0 Å². The van der Waals surface area contributed by atoms with Gasteiger partial charge >= 0.3 is 29.8 Å². The summed E-state index contributed by atoms with van der Waals surface area (Å²) in [7, 11) is 0. The van der Waals surface area contributed by atoms with E-state index in [2.05, 4.69) is 12.6 Å². The molecule has 0 aliphatic carbocycles. The fourth-order valence-corrected chi connectivity index (χ4v) is 6.80. The second-order valence-electron chi connectivity index (χ2n) is 15.1. The van der Waals surface area contributed by atoms with Crippen molar-refractivity contribution < 1.29 is 129 Å². The van der Waals surface area contributed by atoms with E-state index < -0.39 is 187 Å². The number of hydrogen-bond donors (Lipinski definition) is 17. The second kappa shape index (κ2) is 31.5. The van der Waals surface area contributed by atoms with Gasteiger partial charge in [-0.25, -0.2) is 0 Å². The number of carboxylic acids is 3. The van der Waals surface area contributed by atoms with Crippen LogP contribution in [0.1, 0.15) is 6.42 Å². The quantitative estimate of drug-likeness (QED) is 0.0226. The van der Waals surface area contributed by atoms with Crippen molar-refractivity contribution in [1.82, 2.24) is 9.80 Å². The molecule has 0 saturated carbocycles. The number of hydrogen-bond acceptors (Lipinski definition) is 28. The van der Waals surface area contributed by atoms with Crippen LogP contribution in [0.4, 0.5) is 0 Å². The van der Waals surface area contributed by atoms with Gasteiger partial charge in [-0.15, -0.1) is 0 Å². The highest BCUT2D eigenvalue weighted by molar-refractivity contribution is 7.98. The van der Waals surface area contributed by atoms with Gasteiger partial charge in [0.1, 0.15) is 80.3 Å². The van der Waals surface area contributed by atoms with Gasteiger partial charge in [-0.3, -0.25) is 33.8 Å². The maximum atomic E-state index is 12.7. The van der Waals surface area contributed by atoms with Crippen molar-refractivity contribution in [3.63, 3.8) is 0 Å². The Bertz CT molecular complexity index is 1480. The Labute approximate surface area is 392 Å². The zero-order valence-corrected chi connectivity index (χ0v) is 37.9. The monoisotopic (exact) mass is 1020 g/mol. The Balaban J connectivity index is 0.000000679. The number of esters is 2. The Hall–Kier alpha value is -2.71. The van der Waals surface area contributed by atoms with Crippen LogP contribution in [-0.2, 0) is 52.4 Å². The average molecular weight is 1020 g/mol. The van der Waals surface area contributed by atoms with Crippen LogP contribution in [0, 0.1) is 0 Å². The van der Waals surface area contributed by atoms with Crippen LogP contribution in [0.3, 0.4) is 0 Å². The van der Waals surface area contributed by atoms with E-state index in [9.17, 15) is 80.1 Å². The van der Waals surface area contributed by atoms with E-state index in [1.165, 1.54) is 11.8 Å². The zero-order valence-electron chi connectivity index (χ0n) is 36.2. The Morgan fingerprint density at radius 1 is 0.761 bits per heavy atom. The van der Waals surface area contributed by atoms with E-state index in [1.807, 2.05) is 6.26 Å². The number of nitrogens with two attached hydrogens (primary N) is 1. The summed E-state index contributed by atoms with van der Waals surface area (Å²) in [6.07, 6.45) is -19.3. The summed E-state index contributed by atoms with van der Waals surface area (Å²) in [5, 5.41) is 144. The summed E-state index contributed by atoms with van der Waals surface area (Å²) in [4.78, 5) is 59.2. The molecule has 1 unspecified atom stereocenters. The molecular weight excluding hydrogens is 955 g/mol. The number of nitrogens with zero attached hydrogens (tertiary/aromatic N) is 2. The molecular formula is C36H65N3O26S2. The molecule has 17 N–H and O–H groups in total. The normalized spacial score (nSPS) is 27.8. The number of aliphatic hydroxyl groups excluding tert-OH is 12.